The molecule has 0 aliphatic carbocycles. The number of carbonyl (C=O) groups excluding carboxylic acids is 1. The lowest BCUT2D eigenvalue weighted by molar-refractivity contribution is -0.116. The molecular formula is C23H25N3O4S2. The Kier molecular flexibility index (Phi) is 7.87. The van der Waals surface area contributed by atoms with Gasteiger partial charge in [0.15, 0.2) is 15.0 Å². The summed E-state index contributed by atoms with van der Waals surface area (Å²) < 4.78 is 28.5. The maximum Gasteiger partial charge on any atom is 0.224 e. The Balaban J connectivity index is 1.42. The van der Waals surface area contributed by atoms with Crippen LogP contribution in [0, 0.1) is 13.8 Å². The van der Waals surface area contributed by atoms with Gasteiger partial charge in [-0.1, -0.05) is 0 Å². The molecule has 1 N–H and O–H groups in total. The highest BCUT2D eigenvalue weighted by Crippen LogP contribution is 2.26. The Labute approximate surface area is 192 Å². The van der Waals surface area contributed by atoms with Gasteiger partial charge in [0.25, 0.3) is 0 Å². The van der Waals surface area contributed by atoms with E-state index in [2.05, 4.69) is 15.3 Å². The zero-order valence-electron chi connectivity index (χ0n) is 18.2. The third kappa shape index (κ3) is 7.35. The number of rotatable bonds is 9. The molecule has 2 aromatic carbocycles. The summed E-state index contributed by atoms with van der Waals surface area (Å²) in [5.74, 6) is 0.470. The summed E-state index contributed by atoms with van der Waals surface area (Å²) in [7, 11) is -3.22. The summed E-state index contributed by atoms with van der Waals surface area (Å²) in [6, 6.07) is 15.7. The fourth-order valence-electron chi connectivity index (χ4n) is 2.88. The van der Waals surface area contributed by atoms with Gasteiger partial charge in [-0.25, -0.2) is 18.4 Å². The number of aromatic nitrogens is 2. The maximum absolute atomic E-state index is 12.2. The van der Waals surface area contributed by atoms with Gasteiger partial charge in [0, 0.05) is 34.6 Å². The van der Waals surface area contributed by atoms with Gasteiger partial charge in [-0.05, 0) is 86.6 Å². The van der Waals surface area contributed by atoms with Crippen LogP contribution >= 0.6 is 11.8 Å². The number of carbonyl (C=O) groups is 1. The minimum atomic E-state index is -3.22. The second-order valence-corrected chi connectivity index (χ2v) is 10.4. The Bertz CT molecular complexity index is 1160. The quantitative estimate of drug-likeness (QED) is 0.364. The lowest BCUT2D eigenvalue weighted by atomic mass is 10.2. The van der Waals surface area contributed by atoms with Gasteiger partial charge in [0.05, 0.1) is 11.5 Å². The first-order valence-corrected chi connectivity index (χ1v) is 12.7. The van der Waals surface area contributed by atoms with Crippen LogP contribution in [0.15, 0.2) is 69.5 Å². The third-order valence-electron chi connectivity index (χ3n) is 4.38. The number of anilines is 1. The molecule has 0 radical (unpaired) electrons. The summed E-state index contributed by atoms with van der Waals surface area (Å²) in [5.41, 5.74) is 2.58. The number of ether oxygens (including phenoxy) is 1. The van der Waals surface area contributed by atoms with Crippen LogP contribution < -0.4 is 10.1 Å². The van der Waals surface area contributed by atoms with E-state index in [1.54, 1.807) is 12.1 Å². The number of amides is 1. The van der Waals surface area contributed by atoms with E-state index in [0.717, 1.165) is 28.2 Å². The number of benzene rings is 2. The molecule has 0 fully saturated rings. The molecule has 7 nitrogen and oxygen atoms in total. The highest BCUT2D eigenvalue weighted by molar-refractivity contribution is 7.99. The monoisotopic (exact) mass is 471 g/mol. The van der Waals surface area contributed by atoms with Gasteiger partial charge < -0.3 is 10.1 Å². The predicted molar refractivity (Wildman–Crippen MR) is 125 cm³/mol. The molecule has 1 amide bonds. The van der Waals surface area contributed by atoms with Crippen molar-refractivity contribution in [2.45, 2.75) is 41.6 Å². The average molecular weight is 472 g/mol. The zero-order valence-corrected chi connectivity index (χ0v) is 19.8. The van der Waals surface area contributed by atoms with Crippen LogP contribution in [0.5, 0.6) is 5.75 Å². The number of hydrogen-bond donors (Lipinski definition) is 1. The Morgan fingerprint density at radius 1 is 1.00 bits per heavy atom. The molecule has 0 atom stereocenters. The smallest absolute Gasteiger partial charge is 0.224 e. The Hall–Kier alpha value is -2.91. The highest BCUT2D eigenvalue weighted by atomic mass is 32.2. The van der Waals surface area contributed by atoms with E-state index in [4.69, 9.17) is 4.74 Å². The minimum Gasteiger partial charge on any atom is -0.494 e. The van der Waals surface area contributed by atoms with Crippen molar-refractivity contribution in [3.63, 3.8) is 0 Å². The van der Waals surface area contributed by atoms with Crippen LogP contribution in [0.1, 0.15) is 24.2 Å². The predicted octanol–water partition coefficient (Wildman–Crippen LogP) is 4.45. The molecule has 3 rings (SSSR count). The molecule has 0 aliphatic rings. The lowest BCUT2D eigenvalue weighted by Crippen LogP contribution is -2.12. The van der Waals surface area contributed by atoms with Crippen LogP contribution in [0.4, 0.5) is 5.69 Å². The van der Waals surface area contributed by atoms with Crippen molar-refractivity contribution < 1.29 is 17.9 Å². The molecule has 9 heteroatoms. The summed E-state index contributed by atoms with van der Waals surface area (Å²) in [4.78, 5) is 22.3. The van der Waals surface area contributed by atoms with Gasteiger partial charge in [-0.3, -0.25) is 4.79 Å². The van der Waals surface area contributed by atoms with Crippen molar-refractivity contribution in [1.82, 2.24) is 9.97 Å². The molecule has 0 bridgehead atoms. The van der Waals surface area contributed by atoms with E-state index in [1.807, 2.05) is 44.2 Å². The van der Waals surface area contributed by atoms with Gasteiger partial charge >= 0.3 is 0 Å². The number of hydrogen-bond acceptors (Lipinski definition) is 7. The summed E-state index contributed by atoms with van der Waals surface area (Å²) >= 11 is 1.48. The van der Waals surface area contributed by atoms with Gasteiger partial charge in [-0.15, -0.1) is 0 Å². The van der Waals surface area contributed by atoms with Crippen LogP contribution in [-0.4, -0.2) is 37.2 Å². The summed E-state index contributed by atoms with van der Waals surface area (Å²) in [5, 5.41) is 3.57. The number of aryl methyl sites for hydroxylation is 2. The first-order valence-electron chi connectivity index (χ1n) is 10.0. The maximum atomic E-state index is 12.2. The largest absolute Gasteiger partial charge is 0.494 e. The topological polar surface area (TPSA) is 98.2 Å². The van der Waals surface area contributed by atoms with Gasteiger partial charge in [-0.2, -0.15) is 0 Å². The SMILES string of the molecule is Cc1cc(C)nc(Sc2ccc(NC(=O)CCCOc3ccc(S(C)(=O)=O)cc3)cc2)n1. The van der Waals surface area contributed by atoms with Gasteiger partial charge in [0.2, 0.25) is 5.91 Å². The molecule has 32 heavy (non-hydrogen) atoms. The molecule has 1 aromatic heterocycles. The zero-order chi connectivity index (χ0) is 23.1. The molecule has 0 saturated carbocycles. The van der Waals surface area contributed by atoms with E-state index in [0.29, 0.717) is 30.4 Å². The molecule has 1 heterocycles. The standard InChI is InChI=1S/C23H25N3O4S2/c1-16-15-17(2)25-23(24-16)31-20-10-6-18(7-11-20)26-22(27)5-4-14-30-19-8-12-21(13-9-19)32(3,28)29/h6-13,15H,4-5,14H2,1-3H3,(H,26,27). The number of nitrogens with zero attached hydrogens (tertiary/aromatic N) is 2. The van der Waals surface area contributed by atoms with E-state index >= 15 is 0 Å². The highest BCUT2D eigenvalue weighted by Gasteiger charge is 2.08. The Morgan fingerprint density at radius 2 is 1.62 bits per heavy atom. The van der Waals surface area contributed by atoms with Crippen LogP contribution in [0.2, 0.25) is 0 Å². The van der Waals surface area contributed by atoms with E-state index in [9.17, 15) is 13.2 Å². The molecule has 0 saturated heterocycles. The Morgan fingerprint density at radius 3 is 2.22 bits per heavy atom. The summed E-state index contributed by atoms with van der Waals surface area (Å²) in [6.07, 6.45) is 2.01. The first-order chi connectivity index (χ1) is 15.2. The van der Waals surface area contributed by atoms with Crippen LogP contribution in [0.25, 0.3) is 0 Å². The van der Waals surface area contributed by atoms with E-state index in [-0.39, 0.29) is 10.8 Å². The molecule has 3 aromatic rings. The van der Waals surface area contributed by atoms with Crippen molar-refractivity contribution in [2.24, 2.45) is 0 Å². The number of nitrogens with one attached hydrogen (secondary N) is 1. The average Bonchev–Trinajstić information content (AvgIpc) is 2.72. The molecule has 0 aliphatic heterocycles. The molecule has 0 spiro atoms. The fraction of sp³-hybridized carbons (Fsp3) is 0.261. The second kappa shape index (κ2) is 10.6. The molecule has 0 unspecified atom stereocenters. The van der Waals surface area contributed by atoms with Crippen LogP contribution in [-0.2, 0) is 14.6 Å². The molecule has 168 valence electrons. The number of sulfone groups is 1. The minimum absolute atomic E-state index is 0.0981. The van der Waals surface area contributed by atoms with Crippen molar-refractivity contribution in [3.8, 4) is 5.75 Å². The van der Waals surface area contributed by atoms with Crippen LogP contribution in [0.3, 0.4) is 0 Å². The third-order valence-corrected chi connectivity index (χ3v) is 6.38. The van der Waals surface area contributed by atoms with E-state index < -0.39 is 9.84 Å². The van der Waals surface area contributed by atoms with Crippen molar-refractivity contribution in [3.05, 3.63) is 66.0 Å². The molecular weight excluding hydrogens is 446 g/mol. The van der Waals surface area contributed by atoms with Crippen molar-refractivity contribution >= 4 is 33.2 Å². The summed E-state index contributed by atoms with van der Waals surface area (Å²) in [6.45, 7) is 4.24. The van der Waals surface area contributed by atoms with Crippen molar-refractivity contribution in [1.29, 1.82) is 0 Å². The lowest BCUT2D eigenvalue weighted by Gasteiger charge is -2.08. The van der Waals surface area contributed by atoms with Gasteiger partial charge in [0.1, 0.15) is 5.75 Å². The normalized spacial score (nSPS) is 11.2. The van der Waals surface area contributed by atoms with Crippen molar-refractivity contribution in [2.75, 3.05) is 18.2 Å². The fourth-order valence-corrected chi connectivity index (χ4v) is 4.37. The second-order valence-electron chi connectivity index (χ2n) is 7.30. The first kappa shape index (κ1) is 23.7. The van der Waals surface area contributed by atoms with E-state index in [1.165, 1.54) is 23.9 Å².